The normalized spacial score (nSPS) is 28.9. The van der Waals surface area contributed by atoms with Crippen molar-refractivity contribution >= 4 is 29.2 Å². The molecular formula is C20H26N5O5+. The molecule has 30 heavy (non-hydrogen) atoms. The highest BCUT2D eigenvalue weighted by Crippen LogP contribution is 2.46. The lowest BCUT2D eigenvalue weighted by atomic mass is 9.67. The lowest BCUT2D eigenvalue weighted by Crippen LogP contribution is -3.14. The summed E-state index contributed by atoms with van der Waals surface area (Å²) in [6.45, 7) is 7.18. The van der Waals surface area contributed by atoms with E-state index in [0.29, 0.717) is 18.7 Å². The minimum Gasteiger partial charge on any atom is -0.355 e. The molecule has 3 atom stereocenters. The first kappa shape index (κ1) is 20.3. The van der Waals surface area contributed by atoms with Crippen LogP contribution in [0.4, 0.5) is 16.2 Å². The number of hydrogen-bond acceptors (Lipinski definition) is 6. The molecule has 10 nitrogen and oxygen atoms in total. The molecule has 0 aliphatic carbocycles. The summed E-state index contributed by atoms with van der Waals surface area (Å²) in [5.74, 6) is -1.16. The van der Waals surface area contributed by atoms with Crippen LogP contribution < -0.4 is 15.1 Å². The number of nitrogens with one attached hydrogen (secondary N) is 2. The van der Waals surface area contributed by atoms with Crippen molar-refractivity contribution in [3.63, 3.8) is 0 Å². The summed E-state index contributed by atoms with van der Waals surface area (Å²) >= 11 is 0. The van der Waals surface area contributed by atoms with E-state index in [-0.39, 0.29) is 12.1 Å². The van der Waals surface area contributed by atoms with Gasteiger partial charge in [-0.3, -0.25) is 29.9 Å². The standard InChI is InChI=1S/C20H25N5O5/c1-19(2,3)24-17(27)20(16(26)21-18(24)28)10-12-9-13(25(29)30)5-6-14(12)23-8-7-22(4)11-15(20)23/h5-6,9,15H,7-8,10-11H2,1-4H3,(H,21,26,28)/p+1/t15-,20+/m0/s1. The number of nitro benzene ring substituents is 1. The summed E-state index contributed by atoms with van der Waals surface area (Å²) in [5.41, 5.74) is -1.05. The zero-order valence-corrected chi connectivity index (χ0v) is 17.5. The molecule has 4 amide bonds. The Balaban J connectivity index is 1.91. The van der Waals surface area contributed by atoms with E-state index in [1.807, 2.05) is 11.9 Å². The second-order valence-corrected chi connectivity index (χ2v) is 9.41. The fourth-order valence-electron chi connectivity index (χ4n) is 4.98. The number of rotatable bonds is 1. The number of hydrogen-bond donors (Lipinski definition) is 2. The van der Waals surface area contributed by atoms with Crippen LogP contribution in [0.5, 0.6) is 0 Å². The van der Waals surface area contributed by atoms with Crippen molar-refractivity contribution < 1.29 is 24.2 Å². The van der Waals surface area contributed by atoms with Crippen molar-refractivity contribution in [2.24, 2.45) is 5.41 Å². The van der Waals surface area contributed by atoms with E-state index >= 15 is 0 Å². The van der Waals surface area contributed by atoms with Gasteiger partial charge >= 0.3 is 6.03 Å². The maximum Gasteiger partial charge on any atom is 0.331 e. The predicted molar refractivity (Wildman–Crippen MR) is 107 cm³/mol. The first-order chi connectivity index (χ1) is 14.0. The number of benzene rings is 1. The van der Waals surface area contributed by atoms with E-state index in [2.05, 4.69) is 5.32 Å². The second-order valence-electron chi connectivity index (χ2n) is 9.41. The number of quaternary nitrogens is 1. The minimum absolute atomic E-state index is 0.0169. The van der Waals surface area contributed by atoms with E-state index in [1.54, 1.807) is 26.8 Å². The van der Waals surface area contributed by atoms with Crippen LogP contribution in [0.1, 0.15) is 26.3 Å². The van der Waals surface area contributed by atoms with Gasteiger partial charge in [0.15, 0.2) is 5.41 Å². The van der Waals surface area contributed by atoms with E-state index in [0.717, 1.165) is 17.1 Å². The fourth-order valence-corrected chi connectivity index (χ4v) is 4.98. The van der Waals surface area contributed by atoms with E-state index in [4.69, 9.17) is 0 Å². The third-order valence-electron chi connectivity index (χ3n) is 6.40. The van der Waals surface area contributed by atoms with Gasteiger partial charge in [0, 0.05) is 29.8 Å². The number of barbiturate groups is 1. The molecular weight excluding hydrogens is 390 g/mol. The number of amides is 4. The van der Waals surface area contributed by atoms with Gasteiger partial charge in [-0.05, 0) is 32.4 Å². The molecule has 0 radical (unpaired) electrons. The van der Waals surface area contributed by atoms with Crippen molar-refractivity contribution in [1.82, 2.24) is 10.2 Å². The maximum atomic E-state index is 13.8. The number of piperazine rings is 1. The maximum absolute atomic E-state index is 13.8. The number of imide groups is 2. The van der Waals surface area contributed by atoms with Crippen LogP contribution >= 0.6 is 0 Å². The average molecular weight is 416 g/mol. The van der Waals surface area contributed by atoms with E-state index in [1.165, 1.54) is 17.0 Å². The number of likely N-dealkylation sites (N-methyl/N-ethyl adjacent to an activating group) is 1. The van der Waals surface area contributed by atoms with E-state index < -0.39 is 39.8 Å². The summed E-state index contributed by atoms with van der Waals surface area (Å²) in [5, 5.41) is 13.7. The third kappa shape index (κ3) is 2.78. The van der Waals surface area contributed by atoms with Crippen molar-refractivity contribution in [2.45, 2.75) is 38.8 Å². The summed E-state index contributed by atoms with van der Waals surface area (Å²) in [7, 11) is 2.01. The Hall–Kier alpha value is -3.01. The number of carbonyl (C=O) groups excluding carboxylic acids is 3. The Morgan fingerprint density at radius 1 is 1.27 bits per heavy atom. The summed E-state index contributed by atoms with van der Waals surface area (Å²) in [6, 6.07) is 3.41. The number of non-ortho nitro benzene ring substituents is 1. The zero-order chi connectivity index (χ0) is 22.0. The third-order valence-corrected chi connectivity index (χ3v) is 6.40. The highest BCUT2D eigenvalue weighted by Gasteiger charge is 2.64. The first-order valence-corrected chi connectivity index (χ1v) is 10.0. The smallest absolute Gasteiger partial charge is 0.331 e. The van der Waals surface area contributed by atoms with Crippen LogP contribution in [0.15, 0.2) is 18.2 Å². The van der Waals surface area contributed by atoms with Crippen molar-refractivity contribution in [3.05, 3.63) is 33.9 Å². The van der Waals surface area contributed by atoms with Gasteiger partial charge in [-0.1, -0.05) is 0 Å². The number of fused-ring (bicyclic) bond motifs is 4. The molecule has 3 aliphatic heterocycles. The van der Waals surface area contributed by atoms with Crippen LogP contribution in [0, 0.1) is 15.5 Å². The topological polar surface area (TPSA) is 117 Å². The molecule has 2 N–H and O–H groups in total. The van der Waals surface area contributed by atoms with E-state index in [9.17, 15) is 24.5 Å². The molecule has 2 fully saturated rings. The quantitative estimate of drug-likeness (QED) is 0.369. The SMILES string of the molecule is C[NH+]1CCN2c3ccc([N+](=O)[O-])cc3C[C@]3(C(=O)NC(=O)N(C(C)(C)C)C3=O)[C@@H]2C1. The van der Waals surface area contributed by atoms with Gasteiger partial charge in [-0.2, -0.15) is 0 Å². The number of carbonyl (C=O) groups is 3. The summed E-state index contributed by atoms with van der Waals surface area (Å²) in [4.78, 5) is 54.9. The number of nitrogens with zero attached hydrogens (tertiary/aromatic N) is 3. The molecule has 1 unspecified atom stereocenters. The highest BCUT2D eigenvalue weighted by atomic mass is 16.6. The van der Waals surface area contributed by atoms with Gasteiger partial charge in [0.2, 0.25) is 11.8 Å². The van der Waals surface area contributed by atoms with Gasteiger partial charge < -0.3 is 9.80 Å². The van der Waals surface area contributed by atoms with Gasteiger partial charge in [0.25, 0.3) is 5.69 Å². The van der Waals surface area contributed by atoms with Crippen LogP contribution in [0.3, 0.4) is 0 Å². The molecule has 3 aliphatic rings. The fraction of sp³-hybridized carbons (Fsp3) is 0.550. The van der Waals surface area contributed by atoms with Gasteiger partial charge in [-0.15, -0.1) is 0 Å². The molecule has 3 heterocycles. The second kappa shape index (κ2) is 6.49. The van der Waals surface area contributed by atoms with Crippen LogP contribution in [0.25, 0.3) is 0 Å². The number of anilines is 1. The Morgan fingerprint density at radius 3 is 2.60 bits per heavy atom. The predicted octanol–water partition coefficient (Wildman–Crippen LogP) is -0.282. The molecule has 160 valence electrons. The molecule has 4 rings (SSSR count). The number of urea groups is 1. The van der Waals surface area contributed by atoms with Crippen molar-refractivity contribution in [1.29, 1.82) is 0 Å². The molecule has 0 saturated carbocycles. The van der Waals surface area contributed by atoms with Gasteiger partial charge in [-0.25, -0.2) is 4.79 Å². The van der Waals surface area contributed by atoms with Crippen LogP contribution in [0.2, 0.25) is 0 Å². The Morgan fingerprint density at radius 2 is 1.97 bits per heavy atom. The minimum atomic E-state index is -1.52. The molecule has 2 saturated heterocycles. The van der Waals surface area contributed by atoms with Gasteiger partial charge in [0.05, 0.1) is 31.6 Å². The van der Waals surface area contributed by atoms with Crippen LogP contribution in [-0.2, 0) is 16.0 Å². The molecule has 0 bridgehead atoms. The highest BCUT2D eigenvalue weighted by molar-refractivity contribution is 6.20. The largest absolute Gasteiger partial charge is 0.355 e. The molecule has 0 aromatic heterocycles. The molecule has 1 aromatic rings. The number of nitro groups is 1. The monoisotopic (exact) mass is 416 g/mol. The Bertz CT molecular complexity index is 971. The zero-order valence-electron chi connectivity index (χ0n) is 17.5. The summed E-state index contributed by atoms with van der Waals surface area (Å²) in [6.07, 6.45) is 0.0169. The lowest BCUT2D eigenvalue weighted by Gasteiger charge is -2.54. The average Bonchev–Trinajstić information content (AvgIpc) is 2.64. The molecule has 1 spiro atoms. The van der Waals surface area contributed by atoms with Crippen molar-refractivity contribution in [3.8, 4) is 0 Å². The first-order valence-electron chi connectivity index (χ1n) is 10.0. The Kier molecular flexibility index (Phi) is 4.39. The van der Waals surface area contributed by atoms with Crippen molar-refractivity contribution in [2.75, 3.05) is 31.6 Å². The molecule has 1 aromatic carbocycles. The Labute approximate surface area is 173 Å². The molecule has 10 heteroatoms. The van der Waals surface area contributed by atoms with Gasteiger partial charge in [0.1, 0.15) is 6.04 Å². The summed E-state index contributed by atoms with van der Waals surface area (Å²) < 4.78 is 0. The van der Waals surface area contributed by atoms with Crippen LogP contribution in [-0.4, -0.2) is 65.9 Å². The lowest BCUT2D eigenvalue weighted by molar-refractivity contribution is -0.883.